The monoisotopic (exact) mass is 414 g/mol. The van der Waals surface area contributed by atoms with Crippen molar-refractivity contribution in [1.29, 1.82) is 0 Å². The Morgan fingerprint density at radius 3 is 2.48 bits per heavy atom. The Morgan fingerprint density at radius 2 is 1.81 bits per heavy atom. The van der Waals surface area contributed by atoms with Gasteiger partial charge in [-0.1, -0.05) is 54.1 Å². The van der Waals surface area contributed by atoms with E-state index in [0.717, 1.165) is 11.1 Å². The maximum atomic E-state index is 13.1. The van der Waals surface area contributed by atoms with Crippen LogP contribution in [0.2, 0.25) is 0 Å². The summed E-state index contributed by atoms with van der Waals surface area (Å²) in [5.41, 5.74) is 2.95. The Morgan fingerprint density at radius 1 is 1.06 bits per heavy atom. The molecule has 1 unspecified atom stereocenters. The summed E-state index contributed by atoms with van der Waals surface area (Å²) >= 11 is 0. The molecule has 6 nitrogen and oxygen atoms in total. The fourth-order valence-electron chi connectivity index (χ4n) is 3.81. The average molecular weight is 414 g/mol. The van der Waals surface area contributed by atoms with Crippen molar-refractivity contribution in [2.45, 2.75) is 19.5 Å². The van der Waals surface area contributed by atoms with Crippen LogP contribution < -0.4 is 4.74 Å². The number of aromatic nitrogens is 1. The number of carbonyl (C=O) groups excluding carboxylic acids is 2. The van der Waals surface area contributed by atoms with E-state index in [1.54, 1.807) is 42.7 Å². The molecule has 156 valence electrons. The zero-order chi connectivity index (χ0) is 22.0. The number of ketones is 1. The van der Waals surface area contributed by atoms with Gasteiger partial charge in [0, 0.05) is 30.1 Å². The first-order valence-electron chi connectivity index (χ1n) is 9.88. The van der Waals surface area contributed by atoms with Crippen molar-refractivity contribution < 1.29 is 19.4 Å². The second-order valence-electron chi connectivity index (χ2n) is 7.40. The number of ether oxygens (including phenoxy) is 1. The molecule has 2 aromatic carbocycles. The fourth-order valence-corrected chi connectivity index (χ4v) is 3.81. The number of rotatable bonds is 5. The van der Waals surface area contributed by atoms with Gasteiger partial charge in [-0.05, 0) is 24.6 Å². The number of hydrogen-bond donors (Lipinski definition) is 1. The number of hydrogen-bond acceptors (Lipinski definition) is 5. The van der Waals surface area contributed by atoms with Crippen LogP contribution in [-0.2, 0) is 16.1 Å². The van der Waals surface area contributed by atoms with Gasteiger partial charge < -0.3 is 14.7 Å². The van der Waals surface area contributed by atoms with Crippen molar-refractivity contribution in [3.8, 4) is 5.75 Å². The van der Waals surface area contributed by atoms with Crippen LogP contribution in [0.15, 0.2) is 78.6 Å². The van der Waals surface area contributed by atoms with Gasteiger partial charge >= 0.3 is 0 Å². The van der Waals surface area contributed by atoms with Gasteiger partial charge in [0.15, 0.2) is 0 Å². The molecular formula is C25H22N2O4. The minimum atomic E-state index is -0.794. The fraction of sp³-hybridized carbons (Fsp3) is 0.160. The number of methoxy groups -OCH3 is 1. The Balaban J connectivity index is 1.90. The molecule has 1 aliphatic heterocycles. The molecule has 1 N–H and O–H groups in total. The zero-order valence-electron chi connectivity index (χ0n) is 17.3. The van der Waals surface area contributed by atoms with Crippen LogP contribution in [0.1, 0.15) is 28.3 Å². The lowest BCUT2D eigenvalue weighted by Crippen LogP contribution is -2.29. The smallest absolute Gasteiger partial charge is 0.295 e. The van der Waals surface area contributed by atoms with E-state index in [1.165, 1.54) is 12.0 Å². The standard InChI is InChI=1S/C25H22N2O4/c1-16-9-11-18(12-10-16)23(28)21-22(19-7-3-4-8-20(19)31-2)27(25(30)24(21)29)15-17-6-5-13-26-14-17/h3-14,22,28H,15H2,1-2H3/b23-21+. The third-order valence-corrected chi connectivity index (χ3v) is 5.37. The number of aliphatic hydroxyl groups is 1. The number of nitrogens with zero attached hydrogens (tertiary/aromatic N) is 2. The van der Waals surface area contributed by atoms with Gasteiger partial charge in [-0.25, -0.2) is 0 Å². The molecule has 6 heteroatoms. The number of para-hydroxylation sites is 1. The predicted molar refractivity (Wildman–Crippen MR) is 116 cm³/mol. The molecule has 0 spiro atoms. The molecular weight excluding hydrogens is 392 g/mol. The van der Waals surface area contributed by atoms with Crippen LogP contribution in [0.3, 0.4) is 0 Å². The summed E-state index contributed by atoms with van der Waals surface area (Å²) in [6.45, 7) is 2.11. The summed E-state index contributed by atoms with van der Waals surface area (Å²) in [4.78, 5) is 31.7. The van der Waals surface area contributed by atoms with Gasteiger partial charge in [0.05, 0.1) is 18.7 Å². The van der Waals surface area contributed by atoms with E-state index in [4.69, 9.17) is 4.74 Å². The van der Waals surface area contributed by atoms with Crippen LogP contribution in [-0.4, -0.2) is 33.8 Å². The van der Waals surface area contributed by atoms with Gasteiger partial charge in [-0.3, -0.25) is 14.6 Å². The van der Waals surface area contributed by atoms with E-state index in [1.807, 2.05) is 37.3 Å². The number of aliphatic hydroxyl groups excluding tert-OH is 1. The maximum Gasteiger partial charge on any atom is 0.295 e. The molecule has 1 amide bonds. The summed E-state index contributed by atoms with van der Waals surface area (Å²) in [6.07, 6.45) is 3.30. The van der Waals surface area contributed by atoms with Crippen molar-refractivity contribution >= 4 is 17.4 Å². The first kappa shape index (κ1) is 20.3. The molecule has 1 atom stereocenters. The molecule has 1 saturated heterocycles. The molecule has 0 aliphatic carbocycles. The summed E-state index contributed by atoms with van der Waals surface area (Å²) in [5, 5.41) is 11.1. The third kappa shape index (κ3) is 3.80. The Hall–Kier alpha value is -3.93. The van der Waals surface area contributed by atoms with Crippen LogP contribution >= 0.6 is 0 Å². The topological polar surface area (TPSA) is 79.7 Å². The SMILES string of the molecule is COc1ccccc1C1/C(=C(\O)c2ccc(C)cc2)C(=O)C(=O)N1Cc1cccnc1. The normalized spacial score (nSPS) is 17.7. The summed E-state index contributed by atoms with van der Waals surface area (Å²) in [5.74, 6) is -1.07. The van der Waals surface area contributed by atoms with Crippen molar-refractivity contribution in [3.05, 3.63) is 101 Å². The lowest BCUT2D eigenvalue weighted by molar-refractivity contribution is -0.140. The molecule has 31 heavy (non-hydrogen) atoms. The molecule has 2 heterocycles. The Kier molecular flexibility index (Phi) is 5.54. The van der Waals surface area contributed by atoms with E-state index < -0.39 is 17.7 Å². The highest BCUT2D eigenvalue weighted by atomic mass is 16.5. The Bertz CT molecular complexity index is 1150. The maximum absolute atomic E-state index is 13.1. The first-order valence-corrected chi connectivity index (χ1v) is 9.88. The van der Waals surface area contributed by atoms with E-state index in [9.17, 15) is 14.7 Å². The minimum Gasteiger partial charge on any atom is -0.507 e. The zero-order valence-corrected chi connectivity index (χ0v) is 17.3. The molecule has 0 radical (unpaired) electrons. The minimum absolute atomic E-state index is 0.0437. The summed E-state index contributed by atoms with van der Waals surface area (Å²) in [7, 11) is 1.53. The highest BCUT2D eigenvalue weighted by molar-refractivity contribution is 6.46. The second-order valence-corrected chi connectivity index (χ2v) is 7.40. The molecule has 1 aromatic heterocycles. The molecule has 0 saturated carbocycles. The highest BCUT2D eigenvalue weighted by Crippen LogP contribution is 2.43. The number of pyridine rings is 1. The molecule has 1 aliphatic rings. The van der Waals surface area contributed by atoms with Crippen LogP contribution in [0.5, 0.6) is 5.75 Å². The van der Waals surface area contributed by atoms with Crippen LogP contribution in [0.25, 0.3) is 5.76 Å². The molecule has 4 rings (SSSR count). The van der Waals surface area contributed by atoms with Gasteiger partial charge in [-0.2, -0.15) is 0 Å². The van der Waals surface area contributed by atoms with Crippen molar-refractivity contribution in [1.82, 2.24) is 9.88 Å². The number of aryl methyl sites for hydroxylation is 1. The lowest BCUT2D eigenvalue weighted by Gasteiger charge is -2.26. The second kappa shape index (κ2) is 8.44. The lowest BCUT2D eigenvalue weighted by atomic mass is 9.94. The van der Waals surface area contributed by atoms with Crippen molar-refractivity contribution in [2.24, 2.45) is 0 Å². The van der Waals surface area contributed by atoms with E-state index in [2.05, 4.69) is 4.98 Å². The number of benzene rings is 2. The van der Waals surface area contributed by atoms with Gasteiger partial charge in [0.25, 0.3) is 11.7 Å². The quantitative estimate of drug-likeness (QED) is 0.388. The van der Waals surface area contributed by atoms with Crippen LogP contribution in [0, 0.1) is 6.92 Å². The first-order chi connectivity index (χ1) is 15.0. The highest BCUT2D eigenvalue weighted by Gasteiger charge is 2.47. The number of carbonyl (C=O) groups is 2. The average Bonchev–Trinajstić information content (AvgIpc) is 3.04. The molecule has 1 fully saturated rings. The van der Waals surface area contributed by atoms with E-state index in [-0.39, 0.29) is 17.9 Å². The number of likely N-dealkylation sites (tertiary alicyclic amines) is 1. The van der Waals surface area contributed by atoms with Crippen molar-refractivity contribution in [2.75, 3.05) is 7.11 Å². The van der Waals surface area contributed by atoms with Gasteiger partial charge in [0.1, 0.15) is 11.5 Å². The largest absolute Gasteiger partial charge is 0.507 e. The number of Topliss-reactive ketones (excluding diaryl/α,β-unsaturated/α-hetero) is 1. The number of amides is 1. The Labute approximate surface area is 180 Å². The van der Waals surface area contributed by atoms with E-state index >= 15 is 0 Å². The third-order valence-electron chi connectivity index (χ3n) is 5.37. The van der Waals surface area contributed by atoms with Crippen LogP contribution in [0.4, 0.5) is 0 Å². The predicted octanol–water partition coefficient (Wildman–Crippen LogP) is 4.02. The molecule has 3 aromatic rings. The molecule has 0 bridgehead atoms. The summed E-state index contributed by atoms with van der Waals surface area (Å²) in [6, 6.07) is 17.2. The van der Waals surface area contributed by atoms with Gasteiger partial charge in [0.2, 0.25) is 0 Å². The van der Waals surface area contributed by atoms with E-state index in [0.29, 0.717) is 16.9 Å². The summed E-state index contributed by atoms with van der Waals surface area (Å²) < 4.78 is 5.51. The van der Waals surface area contributed by atoms with Gasteiger partial charge in [-0.15, -0.1) is 0 Å². The van der Waals surface area contributed by atoms with Crippen molar-refractivity contribution in [3.63, 3.8) is 0 Å².